The highest BCUT2D eigenvalue weighted by Crippen LogP contribution is 2.36. The third-order valence-corrected chi connectivity index (χ3v) is 2.67. The highest BCUT2D eigenvalue weighted by atomic mass is 16.5. The molecular formula is C14H23NO4. The van der Waals surface area contributed by atoms with Gasteiger partial charge in [-0.05, 0) is 31.5 Å². The van der Waals surface area contributed by atoms with E-state index in [2.05, 4.69) is 5.32 Å². The highest BCUT2D eigenvalue weighted by Gasteiger charge is 2.10. The Bertz CT molecular complexity index is 335. The lowest BCUT2D eigenvalue weighted by Gasteiger charge is -2.14. The van der Waals surface area contributed by atoms with Crippen LogP contribution in [-0.2, 0) is 0 Å². The van der Waals surface area contributed by atoms with Crippen LogP contribution in [0.4, 0.5) is 0 Å². The summed E-state index contributed by atoms with van der Waals surface area (Å²) in [6.07, 6.45) is 1.93. The van der Waals surface area contributed by atoms with Crippen molar-refractivity contribution in [3.8, 4) is 17.2 Å². The first kappa shape index (κ1) is 15.6. The molecule has 2 N–H and O–H groups in total. The van der Waals surface area contributed by atoms with Crippen LogP contribution in [-0.4, -0.2) is 45.6 Å². The number of aliphatic hydroxyl groups excluding tert-OH is 1. The quantitative estimate of drug-likeness (QED) is 0.629. The van der Waals surface area contributed by atoms with E-state index in [1.165, 1.54) is 0 Å². The number of aliphatic hydroxyl groups is 1. The molecule has 0 atom stereocenters. The Labute approximate surface area is 114 Å². The average molecular weight is 269 g/mol. The van der Waals surface area contributed by atoms with Crippen LogP contribution in [0.1, 0.15) is 12.8 Å². The van der Waals surface area contributed by atoms with Gasteiger partial charge < -0.3 is 24.6 Å². The van der Waals surface area contributed by atoms with Crippen LogP contribution in [0, 0.1) is 0 Å². The van der Waals surface area contributed by atoms with E-state index in [1.54, 1.807) is 14.2 Å². The summed E-state index contributed by atoms with van der Waals surface area (Å²) in [6.45, 7) is 2.31. The molecular weight excluding hydrogens is 246 g/mol. The predicted octanol–water partition coefficient (Wildman–Crippen LogP) is 1.44. The topological polar surface area (TPSA) is 60.0 Å². The molecule has 0 heterocycles. The number of ether oxygens (including phenoxy) is 3. The van der Waals surface area contributed by atoms with E-state index in [9.17, 15) is 0 Å². The van der Waals surface area contributed by atoms with Crippen molar-refractivity contribution in [2.45, 2.75) is 12.8 Å². The minimum atomic E-state index is 0.176. The molecule has 1 aromatic carbocycles. The van der Waals surface area contributed by atoms with Crippen LogP contribution >= 0.6 is 0 Å². The zero-order chi connectivity index (χ0) is 13.9. The molecule has 1 aromatic rings. The van der Waals surface area contributed by atoms with Gasteiger partial charge in [0.15, 0.2) is 11.5 Å². The summed E-state index contributed by atoms with van der Waals surface area (Å²) in [5.74, 6) is 2.01. The van der Waals surface area contributed by atoms with Crippen molar-refractivity contribution < 1.29 is 19.3 Å². The summed E-state index contributed by atoms with van der Waals surface area (Å²) in [6, 6.07) is 5.56. The Morgan fingerprint density at radius 2 is 1.74 bits per heavy atom. The van der Waals surface area contributed by atoms with E-state index in [0.717, 1.165) is 19.4 Å². The van der Waals surface area contributed by atoms with Crippen LogP contribution in [0.25, 0.3) is 0 Å². The first-order chi connectivity index (χ1) is 9.33. The fourth-order valence-corrected chi connectivity index (χ4v) is 1.69. The van der Waals surface area contributed by atoms with Crippen LogP contribution in [0.5, 0.6) is 17.2 Å². The lowest BCUT2D eigenvalue weighted by Crippen LogP contribution is -2.19. The molecule has 0 unspecified atom stereocenters. The van der Waals surface area contributed by atoms with Crippen molar-refractivity contribution >= 4 is 0 Å². The molecule has 0 spiro atoms. The molecule has 0 radical (unpaired) electrons. The molecule has 0 amide bonds. The molecule has 5 nitrogen and oxygen atoms in total. The van der Waals surface area contributed by atoms with Crippen LogP contribution in [0.3, 0.4) is 0 Å². The zero-order valence-corrected chi connectivity index (χ0v) is 11.6. The van der Waals surface area contributed by atoms with Gasteiger partial charge in [-0.25, -0.2) is 0 Å². The second-order valence-electron chi connectivity index (χ2n) is 4.02. The van der Waals surface area contributed by atoms with Crippen molar-refractivity contribution in [1.29, 1.82) is 0 Å². The molecule has 5 heteroatoms. The second-order valence-corrected chi connectivity index (χ2v) is 4.02. The van der Waals surface area contributed by atoms with Gasteiger partial charge in [-0.3, -0.25) is 0 Å². The maximum absolute atomic E-state index is 8.62. The maximum Gasteiger partial charge on any atom is 0.203 e. The van der Waals surface area contributed by atoms with Gasteiger partial charge in [0.05, 0.1) is 27.4 Å². The Morgan fingerprint density at radius 3 is 2.32 bits per heavy atom. The number of methoxy groups -OCH3 is 2. The van der Waals surface area contributed by atoms with E-state index in [1.807, 2.05) is 18.2 Å². The number of hydrogen-bond acceptors (Lipinski definition) is 5. The van der Waals surface area contributed by atoms with E-state index in [4.69, 9.17) is 19.3 Å². The van der Waals surface area contributed by atoms with E-state index < -0.39 is 0 Å². The summed E-state index contributed by atoms with van der Waals surface area (Å²) in [7, 11) is 3.22. The first-order valence-electron chi connectivity index (χ1n) is 6.48. The van der Waals surface area contributed by atoms with Gasteiger partial charge in [-0.2, -0.15) is 0 Å². The summed E-state index contributed by atoms with van der Waals surface area (Å²) < 4.78 is 16.2. The van der Waals surface area contributed by atoms with E-state index >= 15 is 0 Å². The molecule has 0 aromatic heterocycles. The lowest BCUT2D eigenvalue weighted by molar-refractivity contribution is 0.265. The fraction of sp³-hybridized carbons (Fsp3) is 0.571. The lowest BCUT2D eigenvalue weighted by atomic mass is 10.3. The Morgan fingerprint density at radius 1 is 1.05 bits per heavy atom. The van der Waals surface area contributed by atoms with E-state index in [0.29, 0.717) is 30.4 Å². The zero-order valence-electron chi connectivity index (χ0n) is 11.6. The number of benzene rings is 1. The number of para-hydroxylation sites is 1. The Hall–Kier alpha value is -1.46. The van der Waals surface area contributed by atoms with Crippen molar-refractivity contribution in [1.82, 2.24) is 5.32 Å². The molecule has 0 saturated carbocycles. The van der Waals surface area contributed by atoms with Crippen LogP contribution in [0.2, 0.25) is 0 Å². The molecule has 108 valence electrons. The van der Waals surface area contributed by atoms with Gasteiger partial charge in [0.25, 0.3) is 0 Å². The van der Waals surface area contributed by atoms with Crippen molar-refractivity contribution in [3.05, 3.63) is 18.2 Å². The standard InChI is InChI=1S/C14H23NO4/c1-17-12-6-5-7-13(18-2)14(12)19-11-4-3-8-15-9-10-16/h5-7,15-16H,3-4,8-11H2,1-2H3. The maximum atomic E-state index is 8.62. The van der Waals surface area contributed by atoms with Crippen molar-refractivity contribution in [2.24, 2.45) is 0 Å². The van der Waals surface area contributed by atoms with Gasteiger partial charge in [0, 0.05) is 6.54 Å². The molecule has 0 saturated heterocycles. The van der Waals surface area contributed by atoms with Crippen molar-refractivity contribution in [3.63, 3.8) is 0 Å². The molecule has 0 fully saturated rings. The number of unbranched alkanes of at least 4 members (excludes halogenated alkanes) is 1. The van der Waals surface area contributed by atoms with Gasteiger partial charge in [-0.15, -0.1) is 0 Å². The fourth-order valence-electron chi connectivity index (χ4n) is 1.69. The molecule has 0 aliphatic rings. The van der Waals surface area contributed by atoms with Crippen molar-refractivity contribution in [2.75, 3.05) is 40.5 Å². The molecule has 0 bridgehead atoms. The summed E-state index contributed by atoms with van der Waals surface area (Å²) in [5.41, 5.74) is 0. The minimum absolute atomic E-state index is 0.176. The smallest absolute Gasteiger partial charge is 0.203 e. The summed E-state index contributed by atoms with van der Waals surface area (Å²) in [5, 5.41) is 11.7. The average Bonchev–Trinajstić information content (AvgIpc) is 2.46. The SMILES string of the molecule is COc1cccc(OC)c1OCCCCNCCO. The highest BCUT2D eigenvalue weighted by molar-refractivity contribution is 5.51. The minimum Gasteiger partial charge on any atom is -0.493 e. The largest absolute Gasteiger partial charge is 0.493 e. The monoisotopic (exact) mass is 269 g/mol. The van der Waals surface area contributed by atoms with Gasteiger partial charge in [-0.1, -0.05) is 6.07 Å². The first-order valence-corrected chi connectivity index (χ1v) is 6.48. The third-order valence-electron chi connectivity index (χ3n) is 2.67. The normalized spacial score (nSPS) is 10.3. The number of nitrogens with one attached hydrogen (secondary N) is 1. The number of hydrogen-bond donors (Lipinski definition) is 2. The predicted molar refractivity (Wildman–Crippen MR) is 74.2 cm³/mol. The van der Waals surface area contributed by atoms with Gasteiger partial charge in [0.1, 0.15) is 0 Å². The van der Waals surface area contributed by atoms with Gasteiger partial charge in [0.2, 0.25) is 5.75 Å². The van der Waals surface area contributed by atoms with Crippen LogP contribution in [0.15, 0.2) is 18.2 Å². The molecule has 1 rings (SSSR count). The Balaban J connectivity index is 2.35. The molecule has 0 aliphatic carbocycles. The molecule has 19 heavy (non-hydrogen) atoms. The Kier molecular flexibility index (Phi) is 7.77. The summed E-state index contributed by atoms with van der Waals surface area (Å²) in [4.78, 5) is 0. The summed E-state index contributed by atoms with van der Waals surface area (Å²) >= 11 is 0. The molecule has 0 aliphatic heterocycles. The van der Waals surface area contributed by atoms with Crippen LogP contribution < -0.4 is 19.5 Å². The number of rotatable bonds is 10. The third kappa shape index (κ3) is 5.36. The van der Waals surface area contributed by atoms with Gasteiger partial charge >= 0.3 is 0 Å². The van der Waals surface area contributed by atoms with E-state index in [-0.39, 0.29) is 6.61 Å². The second kappa shape index (κ2) is 9.47.